The van der Waals surface area contributed by atoms with Crippen LogP contribution in [0, 0.1) is 5.92 Å². The molecule has 0 N–H and O–H groups in total. The Bertz CT molecular complexity index is 601. The molecule has 7 heteroatoms. The van der Waals surface area contributed by atoms with E-state index in [1.54, 1.807) is 4.57 Å². The highest BCUT2D eigenvalue weighted by atomic mass is 35.5. The Morgan fingerprint density at radius 2 is 2.11 bits per heavy atom. The molecule has 0 aromatic carbocycles. The molecule has 2 heterocycles. The van der Waals surface area contributed by atoms with Crippen LogP contribution < -0.4 is 0 Å². The van der Waals surface area contributed by atoms with Gasteiger partial charge in [0.2, 0.25) is 0 Å². The van der Waals surface area contributed by atoms with Crippen molar-refractivity contribution < 1.29 is 13.2 Å². The molecule has 0 unspecified atom stereocenters. The molecule has 0 amide bonds. The molecule has 0 radical (unpaired) electrons. The smallest absolute Gasteiger partial charge is 0.315 e. The number of pyridine rings is 1. The van der Waals surface area contributed by atoms with E-state index in [1.165, 1.54) is 6.33 Å². The molecule has 3 rings (SSSR count). The third kappa shape index (κ3) is 2.05. The maximum absolute atomic E-state index is 12.8. The Balaban J connectivity index is 2.16. The molecule has 0 aliphatic heterocycles. The largest absolute Gasteiger partial charge is 0.418 e. The highest BCUT2D eigenvalue weighted by molar-refractivity contribution is 6.29. The topological polar surface area (TPSA) is 30.7 Å². The number of fused-ring (bicyclic) bond motifs is 1. The fraction of sp³-hybridized carbons (Fsp3) is 0.455. The molecule has 0 bridgehead atoms. The SMILES string of the molecule is FC(F)(F)c1cc(Cl)nc2c1ncn2CC1CC1. The lowest BCUT2D eigenvalue weighted by atomic mass is 10.2. The maximum atomic E-state index is 12.8. The lowest BCUT2D eigenvalue weighted by molar-refractivity contribution is -0.136. The highest BCUT2D eigenvalue weighted by Gasteiger charge is 2.35. The standard InChI is InChI=1S/C11H9ClF3N3/c12-8-3-7(11(13,14)15)9-10(17-8)18(5-16-9)4-6-1-2-6/h3,5-6H,1-2,4H2. The van der Waals surface area contributed by atoms with E-state index in [9.17, 15) is 13.2 Å². The third-order valence-electron chi connectivity index (χ3n) is 3.00. The van der Waals surface area contributed by atoms with Crippen LogP contribution in [0.1, 0.15) is 18.4 Å². The summed E-state index contributed by atoms with van der Waals surface area (Å²) in [6.45, 7) is 0.654. The number of alkyl halides is 3. The molecule has 0 atom stereocenters. The second kappa shape index (κ2) is 3.85. The van der Waals surface area contributed by atoms with Crippen LogP contribution in [0.15, 0.2) is 12.4 Å². The van der Waals surface area contributed by atoms with Crippen LogP contribution in [0.4, 0.5) is 13.2 Å². The minimum Gasteiger partial charge on any atom is -0.315 e. The van der Waals surface area contributed by atoms with Crippen LogP contribution in [-0.2, 0) is 12.7 Å². The second-order valence-electron chi connectivity index (χ2n) is 4.50. The van der Waals surface area contributed by atoms with Crippen molar-refractivity contribution in [1.29, 1.82) is 0 Å². The van der Waals surface area contributed by atoms with Crippen molar-refractivity contribution in [3.05, 3.63) is 23.1 Å². The van der Waals surface area contributed by atoms with Gasteiger partial charge in [-0.25, -0.2) is 9.97 Å². The maximum Gasteiger partial charge on any atom is 0.418 e. The van der Waals surface area contributed by atoms with Crippen molar-refractivity contribution in [2.24, 2.45) is 5.92 Å². The zero-order valence-electron chi connectivity index (χ0n) is 9.21. The van der Waals surface area contributed by atoms with E-state index in [1.807, 2.05) is 0 Å². The van der Waals surface area contributed by atoms with Gasteiger partial charge >= 0.3 is 6.18 Å². The molecule has 0 saturated heterocycles. The summed E-state index contributed by atoms with van der Waals surface area (Å²) in [4.78, 5) is 7.79. The first-order valence-corrected chi connectivity index (χ1v) is 5.91. The van der Waals surface area contributed by atoms with Crippen LogP contribution >= 0.6 is 11.6 Å². The van der Waals surface area contributed by atoms with Crippen molar-refractivity contribution in [2.75, 3.05) is 0 Å². The van der Waals surface area contributed by atoms with E-state index >= 15 is 0 Å². The van der Waals surface area contributed by atoms with Gasteiger partial charge in [0.1, 0.15) is 10.7 Å². The van der Waals surface area contributed by atoms with E-state index in [0.717, 1.165) is 18.9 Å². The molecule has 1 aliphatic rings. The Hall–Kier alpha value is -1.30. The first-order chi connectivity index (χ1) is 8.45. The molecule has 1 fully saturated rings. The van der Waals surface area contributed by atoms with Crippen LogP contribution in [0.25, 0.3) is 11.2 Å². The van der Waals surface area contributed by atoms with Gasteiger partial charge in [0.15, 0.2) is 5.65 Å². The van der Waals surface area contributed by atoms with E-state index in [4.69, 9.17) is 11.6 Å². The van der Waals surface area contributed by atoms with E-state index in [-0.39, 0.29) is 16.3 Å². The Labute approximate surface area is 106 Å². The summed E-state index contributed by atoms with van der Waals surface area (Å²) in [5.41, 5.74) is -0.749. The molecule has 2 aromatic heterocycles. The predicted molar refractivity (Wildman–Crippen MR) is 60.3 cm³/mol. The van der Waals surface area contributed by atoms with Gasteiger partial charge in [-0.1, -0.05) is 11.6 Å². The molecular weight excluding hydrogens is 267 g/mol. The number of halogens is 4. The molecule has 1 aliphatic carbocycles. The van der Waals surface area contributed by atoms with Gasteiger partial charge in [0.05, 0.1) is 11.9 Å². The number of imidazole rings is 1. The Morgan fingerprint density at radius 3 is 2.72 bits per heavy atom. The molecule has 0 spiro atoms. The lowest BCUT2D eigenvalue weighted by Gasteiger charge is -2.08. The molecule has 18 heavy (non-hydrogen) atoms. The number of nitrogens with zero attached hydrogens (tertiary/aromatic N) is 3. The van der Waals surface area contributed by atoms with Crippen LogP contribution in [-0.4, -0.2) is 14.5 Å². The normalized spacial score (nSPS) is 16.4. The lowest BCUT2D eigenvalue weighted by Crippen LogP contribution is -2.07. The first kappa shape index (κ1) is 11.8. The number of hydrogen-bond donors (Lipinski definition) is 0. The van der Waals surface area contributed by atoms with Gasteiger partial charge in [-0.3, -0.25) is 0 Å². The predicted octanol–water partition coefficient (Wildman–Crippen LogP) is 3.51. The highest BCUT2D eigenvalue weighted by Crippen LogP contribution is 2.36. The summed E-state index contributed by atoms with van der Waals surface area (Å²) in [5, 5.41) is -0.160. The zero-order valence-corrected chi connectivity index (χ0v) is 9.96. The number of aromatic nitrogens is 3. The van der Waals surface area contributed by atoms with Gasteiger partial charge < -0.3 is 4.57 Å². The summed E-state index contributed by atoms with van der Waals surface area (Å²) < 4.78 is 40.2. The Morgan fingerprint density at radius 1 is 1.39 bits per heavy atom. The van der Waals surface area contributed by atoms with Crippen molar-refractivity contribution in [2.45, 2.75) is 25.6 Å². The van der Waals surface area contributed by atoms with Crippen LogP contribution in [0.5, 0.6) is 0 Å². The number of hydrogen-bond acceptors (Lipinski definition) is 2. The van der Waals surface area contributed by atoms with E-state index in [0.29, 0.717) is 12.5 Å². The van der Waals surface area contributed by atoms with Gasteiger partial charge in [-0.05, 0) is 24.8 Å². The van der Waals surface area contributed by atoms with Crippen molar-refractivity contribution >= 4 is 22.8 Å². The summed E-state index contributed by atoms with van der Waals surface area (Å²) >= 11 is 5.66. The molecule has 1 saturated carbocycles. The van der Waals surface area contributed by atoms with Gasteiger partial charge in [0.25, 0.3) is 0 Å². The Kier molecular flexibility index (Phi) is 2.52. The minimum absolute atomic E-state index is 0.132. The second-order valence-corrected chi connectivity index (χ2v) is 4.89. The molecule has 96 valence electrons. The number of rotatable bonds is 2. The zero-order chi connectivity index (χ0) is 12.9. The van der Waals surface area contributed by atoms with Crippen molar-refractivity contribution in [3.63, 3.8) is 0 Å². The minimum atomic E-state index is -4.47. The van der Waals surface area contributed by atoms with Crippen LogP contribution in [0.2, 0.25) is 5.15 Å². The summed E-state index contributed by atoms with van der Waals surface area (Å²) in [6.07, 6.45) is -0.857. The fourth-order valence-corrected chi connectivity index (χ4v) is 2.12. The van der Waals surface area contributed by atoms with Gasteiger partial charge in [0, 0.05) is 6.54 Å². The monoisotopic (exact) mass is 275 g/mol. The van der Waals surface area contributed by atoms with Crippen molar-refractivity contribution in [1.82, 2.24) is 14.5 Å². The summed E-state index contributed by atoms with van der Waals surface area (Å²) in [5.74, 6) is 0.525. The third-order valence-corrected chi connectivity index (χ3v) is 3.19. The van der Waals surface area contributed by atoms with Gasteiger partial charge in [-0.15, -0.1) is 0 Å². The first-order valence-electron chi connectivity index (χ1n) is 5.54. The average Bonchev–Trinajstić information content (AvgIpc) is 2.99. The van der Waals surface area contributed by atoms with Crippen LogP contribution in [0.3, 0.4) is 0 Å². The molecule has 3 nitrogen and oxygen atoms in total. The van der Waals surface area contributed by atoms with Gasteiger partial charge in [-0.2, -0.15) is 13.2 Å². The average molecular weight is 276 g/mol. The summed E-state index contributed by atoms with van der Waals surface area (Å²) in [6, 6.07) is 0.818. The quantitative estimate of drug-likeness (QED) is 0.785. The molecule has 2 aromatic rings. The summed E-state index contributed by atoms with van der Waals surface area (Å²) in [7, 11) is 0. The molecular formula is C11H9ClF3N3. The van der Waals surface area contributed by atoms with E-state index < -0.39 is 11.7 Å². The van der Waals surface area contributed by atoms with E-state index in [2.05, 4.69) is 9.97 Å². The van der Waals surface area contributed by atoms with Crippen molar-refractivity contribution in [3.8, 4) is 0 Å². The fourth-order valence-electron chi connectivity index (χ4n) is 1.93.